The van der Waals surface area contributed by atoms with Crippen molar-refractivity contribution in [2.24, 2.45) is 11.1 Å². The average Bonchev–Trinajstić information content (AvgIpc) is 3.70. The number of hydrogen-bond donors (Lipinski definition) is 2. The van der Waals surface area contributed by atoms with Crippen molar-refractivity contribution in [3.05, 3.63) is 30.0 Å². The zero-order valence-corrected chi connectivity index (χ0v) is 21.6. The van der Waals surface area contributed by atoms with Gasteiger partial charge in [-0.2, -0.15) is 10.4 Å². The van der Waals surface area contributed by atoms with E-state index in [1.165, 1.54) is 0 Å². The second-order valence-corrected chi connectivity index (χ2v) is 11.0. The third-order valence-electron chi connectivity index (χ3n) is 9.04. The van der Waals surface area contributed by atoms with Gasteiger partial charge in [0.1, 0.15) is 5.82 Å². The lowest BCUT2D eigenvalue weighted by Gasteiger charge is -2.41. The molecule has 0 bridgehead atoms. The van der Waals surface area contributed by atoms with E-state index in [-0.39, 0.29) is 17.6 Å². The molecule has 198 valence electrons. The second kappa shape index (κ2) is 9.08. The molecule has 38 heavy (non-hydrogen) atoms. The van der Waals surface area contributed by atoms with Crippen molar-refractivity contribution in [2.45, 2.75) is 44.4 Å². The van der Waals surface area contributed by atoms with Crippen molar-refractivity contribution in [1.29, 1.82) is 5.26 Å². The van der Waals surface area contributed by atoms with Gasteiger partial charge < -0.3 is 29.9 Å². The fourth-order valence-electron chi connectivity index (χ4n) is 6.64. The molecule has 3 saturated heterocycles. The van der Waals surface area contributed by atoms with E-state index < -0.39 is 0 Å². The predicted molar refractivity (Wildman–Crippen MR) is 144 cm³/mol. The molecule has 3 fully saturated rings. The fourth-order valence-corrected chi connectivity index (χ4v) is 6.64. The minimum absolute atomic E-state index is 0.0696. The van der Waals surface area contributed by atoms with Crippen LogP contribution in [-0.4, -0.2) is 84.4 Å². The normalized spacial score (nSPS) is 26.8. The standard InChI is InChI=1S/C27H33N9O2/c1-17-24(29)27(16-38-17)5-7-34(8-6-27)22-14-30-23-25(31-22)32-33-26(23)36-10-9-35(19-4-11-37-15-19)21-12-18(13-28)2-3-20(21)36/h2-3,12,14,17,19,24H,4-11,15-16,29H2,1H3,(H,31,32,33)/t17-,19+,24+/m0/s1. The Kier molecular flexibility index (Phi) is 5.65. The summed E-state index contributed by atoms with van der Waals surface area (Å²) >= 11 is 0. The van der Waals surface area contributed by atoms with Crippen LogP contribution in [0.2, 0.25) is 0 Å². The first-order valence-electron chi connectivity index (χ1n) is 13.6. The van der Waals surface area contributed by atoms with Crippen LogP contribution in [0.15, 0.2) is 24.4 Å². The van der Waals surface area contributed by atoms with E-state index in [1.807, 2.05) is 24.4 Å². The predicted octanol–water partition coefficient (Wildman–Crippen LogP) is 2.30. The molecule has 4 aliphatic rings. The molecule has 2 aromatic heterocycles. The number of rotatable bonds is 3. The Labute approximate surface area is 221 Å². The monoisotopic (exact) mass is 515 g/mol. The van der Waals surface area contributed by atoms with Gasteiger partial charge in [0, 0.05) is 44.2 Å². The molecule has 0 unspecified atom stereocenters. The molecule has 3 N–H and O–H groups in total. The van der Waals surface area contributed by atoms with Crippen molar-refractivity contribution < 1.29 is 9.47 Å². The molecule has 11 heteroatoms. The fraction of sp³-hybridized carbons (Fsp3) is 0.556. The smallest absolute Gasteiger partial charge is 0.183 e. The average molecular weight is 516 g/mol. The van der Waals surface area contributed by atoms with Crippen LogP contribution >= 0.6 is 0 Å². The summed E-state index contributed by atoms with van der Waals surface area (Å²) < 4.78 is 11.5. The van der Waals surface area contributed by atoms with Crippen LogP contribution in [0.25, 0.3) is 11.2 Å². The summed E-state index contributed by atoms with van der Waals surface area (Å²) in [6, 6.07) is 8.55. The number of nitrogens with two attached hydrogens (primary N) is 1. The molecule has 11 nitrogen and oxygen atoms in total. The van der Waals surface area contributed by atoms with Gasteiger partial charge in [-0.05, 0) is 44.4 Å². The second-order valence-electron chi connectivity index (χ2n) is 11.0. The molecule has 3 aromatic rings. The van der Waals surface area contributed by atoms with Crippen molar-refractivity contribution >= 4 is 34.2 Å². The number of ether oxygens (including phenoxy) is 2. The van der Waals surface area contributed by atoms with E-state index in [4.69, 9.17) is 25.2 Å². The summed E-state index contributed by atoms with van der Waals surface area (Å²) in [7, 11) is 0. The number of nitrogens with one attached hydrogen (secondary N) is 1. The number of H-pyrrole nitrogens is 1. The summed E-state index contributed by atoms with van der Waals surface area (Å²) in [5.74, 6) is 1.61. The lowest BCUT2D eigenvalue weighted by atomic mass is 9.73. The van der Waals surface area contributed by atoms with Crippen molar-refractivity contribution in [3.8, 4) is 6.07 Å². The van der Waals surface area contributed by atoms with E-state index in [9.17, 15) is 5.26 Å². The number of anilines is 4. The van der Waals surface area contributed by atoms with Crippen molar-refractivity contribution in [3.63, 3.8) is 0 Å². The molecule has 0 amide bonds. The van der Waals surface area contributed by atoms with E-state index in [1.54, 1.807) is 0 Å². The topological polar surface area (TPSA) is 132 Å². The molecule has 4 aliphatic heterocycles. The number of nitrogens with zero attached hydrogens (tertiary/aromatic N) is 7. The quantitative estimate of drug-likeness (QED) is 0.535. The molecular weight excluding hydrogens is 482 g/mol. The van der Waals surface area contributed by atoms with E-state index in [2.05, 4.69) is 37.9 Å². The largest absolute Gasteiger partial charge is 0.379 e. The zero-order valence-electron chi connectivity index (χ0n) is 21.6. The lowest BCUT2D eigenvalue weighted by Crippen LogP contribution is -2.50. The van der Waals surface area contributed by atoms with Crippen LogP contribution in [0.1, 0.15) is 31.7 Å². The van der Waals surface area contributed by atoms with Gasteiger partial charge in [0.15, 0.2) is 17.0 Å². The maximum absolute atomic E-state index is 9.54. The first kappa shape index (κ1) is 23.6. The van der Waals surface area contributed by atoms with Gasteiger partial charge in [0.05, 0.1) is 54.6 Å². The van der Waals surface area contributed by atoms with Crippen LogP contribution in [0.3, 0.4) is 0 Å². The van der Waals surface area contributed by atoms with Gasteiger partial charge >= 0.3 is 0 Å². The number of aromatic amines is 1. The van der Waals surface area contributed by atoms with Crippen LogP contribution in [-0.2, 0) is 9.47 Å². The van der Waals surface area contributed by atoms with Gasteiger partial charge in [-0.15, -0.1) is 0 Å². The maximum Gasteiger partial charge on any atom is 0.183 e. The summed E-state index contributed by atoms with van der Waals surface area (Å²) in [6.45, 7) is 7.65. The Hall–Kier alpha value is -3.46. The zero-order chi connectivity index (χ0) is 25.9. The Balaban J connectivity index is 1.16. The molecular formula is C27H33N9O2. The minimum Gasteiger partial charge on any atom is -0.379 e. The summed E-state index contributed by atoms with van der Waals surface area (Å²) in [4.78, 5) is 16.6. The van der Waals surface area contributed by atoms with Crippen LogP contribution < -0.4 is 20.4 Å². The number of hydrogen-bond acceptors (Lipinski definition) is 10. The van der Waals surface area contributed by atoms with Crippen molar-refractivity contribution in [1.82, 2.24) is 20.2 Å². The molecule has 1 spiro atoms. The highest BCUT2D eigenvalue weighted by molar-refractivity contribution is 5.90. The minimum atomic E-state index is 0.0696. The molecule has 7 rings (SSSR count). The molecule has 0 saturated carbocycles. The Morgan fingerprint density at radius 1 is 1.18 bits per heavy atom. The Morgan fingerprint density at radius 3 is 2.79 bits per heavy atom. The van der Waals surface area contributed by atoms with Gasteiger partial charge in [-0.3, -0.25) is 5.10 Å². The highest BCUT2D eigenvalue weighted by Crippen LogP contribution is 2.43. The first-order chi connectivity index (χ1) is 18.6. The van der Waals surface area contributed by atoms with E-state index >= 15 is 0 Å². The Bertz CT molecular complexity index is 1390. The number of benzene rings is 1. The number of aromatic nitrogens is 4. The van der Waals surface area contributed by atoms with Gasteiger partial charge in [0.25, 0.3) is 0 Å². The van der Waals surface area contributed by atoms with Crippen LogP contribution in [0.4, 0.5) is 23.0 Å². The highest BCUT2D eigenvalue weighted by atomic mass is 16.5. The van der Waals surface area contributed by atoms with E-state index in [0.29, 0.717) is 23.9 Å². The Morgan fingerprint density at radius 2 is 2.05 bits per heavy atom. The maximum atomic E-state index is 9.54. The molecule has 3 atom stereocenters. The van der Waals surface area contributed by atoms with Gasteiger partial charge in [-0.25, -0.2) is 9.97 Å². The third-order valence-corrected chi connectivity index (χ3v) is 9.04. The third kappa shape index (κ3) is 3.70. The summed E-state index contributed by atoms with van der Waals surface area (Å²) in [5.41, 5.74) is 10.7. The summed E-state index contributed by atoms with van der Waals surface area (Å²) in [5, 5.41) is 17.3. The number of nitriles is 1. The van der Waals surface area contributed by atoms with E-state index in [0.717, 1.165) is 87.2 Å². The SMILES string of the molecule is C[C@@H]1OCC2(CCN(c3cnc4c(N5CCN([C@@H]6CCOC6)c6cc(C#N)ccc65)n[nH]c4n3)CC2)[C@@H]1N. The molecule has 6 heterocycles. The summed E-state index contributed by atoms with van der Waals surface area (Å²) in [6.07, 6.45) is 4.95. The molecule has 1 aromatic carbocycles. The highest BCUT2D eigenvalue weighted by Gasteiger charge is 2.47. The van der Waals surface area contributed by atoms with Crippen LogP contribution in [0.5, 0.6) is 0 Å². The molecule has 0 aliphatic carbocycles. The van der Waals surface area contributed by atoms with Crippen LogP contribution in [0, 0.1) is 16.7 Å². The van der Waals surface area contributed by atoms with Gasteiger partial charge in [0.2, 0.25) is 0 Å². The number of fused-ring (bicyclic) bond motifs is 2. The first-order valence-corrected chi connectivity index (χ1v) is 13.6. The lowest BCUT2D eigenvalue weighted by molar-refractivity contribution is 0.0974. The number of piperidine rings is 1. The molecule has 0 radical (unpaired) electrons. The van der Waals surface area contributed by atoms with Gasteiger partial charge in [-0.1, -0.05) is 0 Å². The van der Waals surface area contributed by atoms with Crippen molar-refractivity contribution in [2.75, 3.05) is 60.7 Å².